The molecule has 0 radical (unpaired) electrons. The van der Waals surface area contributed by atoms with Crippen molar-refractivity contribution in [1.82, 2.24) is 0 Å². The average Bonchev–Trinajstić information content (AvgIpc) is 2.32. The highest BCUT2D eigenvalue weighted by atomic mass is 35.5. The van der Waals surface area contributed by atoms with E-state index in [1.54, 1.807) is 13.8 Å². The number of hydrogen-bond donors (Lipinski definition) is 1. The first-order valence-corrected chi connectivity index (χ1v) is 4.01. The van der Waals surface area contributed by atoms with Gasteiger partial charge in [-0.05, 0) is 11.5 Å². The van der Waals surface area contributed by atoms with E-state index in [1.807, 2.05) is 0 Å². The molecule has 1 fully saturated rings. The lowest BCUT2D eigenvalue weighted by molar-refractivity contribution is -0.139. The van der Waals surface area contributed by atoms with Crippen molar-refractivity contribution >= 4 is 17.6 Å². The lowest BCUT2D eigenvalue weighted by Crippen LogP contribution is -2.02. The lowest BCUT2D eigenvalue weighted by Gasteiger charge is -1.95. The first kappa shape index (κ1) is 9.52. The molecule has 4 heteroatoms. The largest absolute Gasteiger partial charge is 0.481 e. The molecular formula is C8H10ClFO2. The molecule has 0 amide bonds. The van der Waals surface area contributed by atoms with E-state index in [0.717, 1.165) is 0 Å². The summed E-state index contributed by atoms with van der Waals surface area (Å²) >= 11 is 5.01. The molecule has 1 aliphatic carbocycles. The van der Waals surface area contributed by atoms with Crippen LogP contribution in [0, 0.1) is 17.3 Å². The Hall–Kier alpha value is -0.570. The molecule has 0 saturated heterocycles. The highest BCUT2D eigenvalue weighted by Crippen LogP contribution is 2.59. The van der Waals surface area contributed by atoms with Gasteiger partial charge in [-0.15, -0.1) is 0 Å². The van der Waals surface area contributed by atoms with Gasteiger partial charge in [0.1, 0.15) is 0 Å². The van der Waals surface area contributed by atoms with Gasteiger partial charge in [-0.1, -0.05) is 25.4 Å². The summed E-state index contributed by atoms with van der Waals surface area (Å²) in [6, 6.07) is 0. The summed E-state index contributed by atoms with van der Waals surface area (Å²) in [6.45, 7) is 3.57. The van der Waals surface area contributed by atoms with E-state index >= 15 is 0 Å². The highest BCUT2D eigenvalue weighted by molar-refractivity contribution is 6.28. The lowest BCUT2D eigenvalue weighted by atomic mass is 10.1. The molecule has 0 heterocycles. The van der Waals surface area contributed by atoms with Crippen LogP contribution in [0.25, 0.3) is 0 Å². The second-order valence-electron chi connectivity index (χ2n) is 3.62. The number of aliphatic carboxylic acids is 1. The van der Waals surface area contributed by atoms with Crippen LogP contribution in [-0.4, -0.2) is 11.1 Å². The Balaban J connectivity index is 2.73. The van der Waals surface area contributed by atoms with Gasteiger partial charge >= 0.3 is 5.97 Å². The summed E-state index contributed by atoms with van der Waals surface area (Å²) in [5.41, 5.74) is -0.363. The topological polar surface area (TPSA) is 37.3 Å². The molecule has 12 heavy (non-hydrogen) atoms. The summed E-state index contributed by atoms with van der Waals surface area (Å²) in [7, 11) is 0. The van der Waals surface area contributed by atoms with Crippen LogP contribution >= 0.6 is 11.6 Å². The van der Waals surface area contributed by atoms with Gasteiger partial charge in [0.05, 0.1) is 5.92 Å². The Labute approximate surface area is 75.0 Å². The molecule has 1 saturated carbocycles. The molecular weight excluding hydrogens is 183 g/mol. The van der Waals surface area contributed by atoms with Gasteiger partial charge < -0.3 is 5.11 Å². The minimum absolute atomic E-state index is 0.271. The normalized spacial score (nSPS) is 33.2. The van der Waals surface area contributed by atoms with Crippen molar-refractivity contribution in [2.45, 2.75) is 13.8 Å². The molecule has 1 N–H and O–H groups in total. The fourth-order valence-corrected chi connectivity index (χ4v) is 1.73. The number of allylic oxidation sites excluding steroid dienone is 1. The van der Waals surface area contributed by atoms with E-state index in [1.165, 1.54) is 6.08 Å². The van der Waals surface area contributed by atoms with Crippen LogP contribution in [0.2, 0.25) is 0 Å². The van der Waals surface area contributed by atoms with Crippen molar-refractivity contribution in [2.24, 2.45) is 17.3 Å². The van der Waals surface area contributed by atoms with E-state index in [2.05, 4.69) is 0 Å². The minimum atomic E-state index is -0.890. The Bertz CT molecular complexity index is 243. The van der Waals surface area contributed by atoms with Crippen LogP contribution in [-0.2, 0) is 4.79 Å². The maximum atomic E-state index is 12.2. The van der Waals surface area contributed by atoms with E-state index in [9.17, 15) is 9.18 Å². The fourth-order valence-electron chi connectivity index (χ4n) is 1.60. The summed E-state index contributed by atoms with van der Waals surface area (Å²) in [6.07, 6.45) is 1.17. The Kier molecular flexibility index (Phi) is 2.17. The van der Waals surface area contributed by atoms with Crippen LogP contribution in [0.5, 0.6) is 0 Å². The maximum absolute atomic E-state index is 12.2. The van der Waals surface area contributed by atoms with Gasteiger partial charge in [-0.2, -0.15) is 4.39 Å². The maximum Gasteiger partial charge on any atom is 0.307 e. The third-order valence-electron chi connectivity index (χ3n) is 2.48. The molecule has 0 aliphatic heterocycles. The quantitative estimate of drug-likeness (QED) is 0.730. The SMILES string of the molecule is CC1(C)C(/C=C(/F)Cl)[C@H]1C(=O)O. The molecule has 0 aromatic heterocycles. The molecule has 1 aliphatic rings. The molecule has 2 nitrogen and oxygen atoms in total. The average molecular weight is 193 g/mol. The van der Waals surface area contributed by atoms with E-state index in [0.29, 0.717) is 0 Å². The predicted molar refractivity (Wildman–Crippen MR) is 43.4 cm³/mol. The van der Waals surface area contributed by atoms with Crippen molar-refractivity contribution in [3.05, 3.63) is 11.4 Å². The second-order valence-corrected chi connectivity index (χ2v) is 3.98. The molecule has 2 atom stereocenters. The van der Waals surface area contributed by atoms with Gasteiger partial charge in [-0.3, -0.25) is 4.79 Å². The Morgan fingerprint density at radius 1 is 1.67 bits per heavy atom. The standard InChI is InChI=1S/C8H10ClFO2/c1-8(2)4(3-5(9)10)6(8)7(11)12/h3-4,6H,1-2H3,(H,11,12)/b5-3+/t4?,6-/m0/s1. The molecule has 0 bridgehead atoms. The monoisotopic (exact) mass is 192 g/mol. The number of rotatable bonds is 2. The first-order valence-electron chi connectivity index (χ1n) is 3.63. The fraction of sp³-hybridized carbons (Fsp3) is 0.625. The molecule has 0 spiro atoms. The summed E-state index contributed by atoms with van der Waals surface area (Å²) in [5.74, 6) is -1.66. The van der Waals surface area contributed by atoms with E-state index in [-0.39, 0.29) is 11.3 Å². The van der Waals surface area contributed by atoms with Crippen LogP contribution in [0.3, 0.4) is 0 Å². The molecule has 68 valence electrons. The van der Waals surface area contributed by atoms with Crippen molar-refractivity contribution < 1.29 is 14.3 Å². The minimum Gasteiger partial charge on any atom is -0.481 e. The van der Waals surface area contributed by atoms with Crippen LogP contribution in [0.1, 0.15) is 13.8 Å². The molecule has 1 unspecified atom stereocenters. The number of carbonyl (C=O) groups is 1. The van der Waals surface area contributed by atoms with Gasteiger partial charge in [0, 0.05) is 5.92 Å². The molecule has 0 aromatic rings. The number of carboxylic acids is 1. The third-order valence-corrected chi connectivity index (χ3v) is 2.61. The Morgan fingerprint density at radius 2 is 2.17 bits per heavy atom. The number of carboxylic acid groups (broad SMARTS) is 1. The van der Waals surface area contributed by atoms with Crippen LogP contribution in [0.15, 0.2) is 11.4 Å². The second kappa shape index (κ2) is 2.73. The van der Waals surface area contributed by atoms with Gasteiger partial charge in [0.15, 0.2) is 5.29 Å². The van der Waals surface area contributed by atoms with Gasteiger partial charge in [0.25, 0.3) is 0 Å². The van der Waals surface area contributed by atoms with E-state index in [4.69, 9.17) is 16.7 Å². The molecule has 1 rings (SSSR count). The summed E-state index contributed by atoms with van der Waals surface area (Å²) in [4.78, 5) is 10.6. The van der Waals surface area contributed by atoms with Gasteiger partial charge in [0.2, 0.25) is 0 Å². The predicted octanol–water partition coefficient (Wildman–Crippen LogP) is 2.39. The summed E-state index contributed by atoms with van der Waals surface area (Å²) < 4.78 is 12.2. The number of hydrogen-bond acceptors (Lipinski definition) is 1. The zero-order chi connectivity index (χ0) is 9.52. The zero-order valence-corrected chi connectivity index (χ0v) is 7.60. The zero-order valence-electron chi connectivity index (χ0n) is 6.84. The van der Waals surface area contributed by atoms with Gasteiger partial charge in [-0.25, -0.2) is 0 Å². The van der Waals surface area contributed by atoms with Crippen LogP contribution in [0.4, 0.5) is 4.39 Å². The number of halogens is 2. The van der Waals surface area contributed by atoms with Crippen molar-refractivity contribution in [1.29, 1.82) is 0 Å². The molecule has 0 aromatic carbocycles. The van der Waals surface area contributed by atoms with Crippen molar-refractivity contribution in [3.63, 3.8) is 0 Å². The third kappa shape index (κ3) is 1.46. The smallest absolute Gasteiger partial charge is 0.307 e. The van der Waals surface area contributed by atoms with Crippen LogP contribution < -0.4 is 0 Å². The van der Waals surface area contributed by atoms with Crippen molar-refractivity contribution in [2.75, 3.05) is 0 Å². The van der Waals surface area contributed by atoms with Crippen molar-refractivity contribution in [3.8, 4) is 0 Å². The Morgan fingerprint density at radius 3 is 2.42 bits per heavy atom. The highest BCUT2D eigenvalue weighted by Gasteiger charge is 2.61. The van der Waals surface area contributed by atoms with E-state index < -0.39 is 17.2 Å². The summed E-state index contributed by atoms with van der Waals surface area (Å²) in [5, 5.41) is 7.86. The first-order chi connectivity index (χ1) is 5.37.